The molecule has 0 saturated carbocycles. The summed E-state index contributed by atoms with van der Waals surface area (Å²) in [5, 5.41) is 11.4. The van der Waals surface area contributed by atoms with Crippen LogP contribution in [-0.4, -0.2) is 26.5 Å². The summed E-state index contributed by atoms with van der Waals surface area (Å²) >= 11 is 0. The van der Waals surface area contributed by atoms with Crippen molar-refractivity contribution in [2.75, 3.05) is 6.54 Å². The van der Waals surface area contributed by atoms with Crippen LogP contribution >= 0.6 is 0 Å². The third-order valence-corrected chi connectivity index (χ3v) is 5.43. The Morgan fingerprint density at radius 3 is 3.07 bits per heavy atom. The van der Waals surface area contributed by atoms with Gasteiger partial charge in [-0.05, 0) is 36.8 Å². The zero-order chi connectivity index (χ0) is 18.4. The summed E-state index contributed by atoms with van der Waals surface area (Å²) < 4.78 is 5.50. The number of phenols is 1. The van der Waals surface area contributed by atoms with Crippen LogP contribution in [0, 0.1) is 6.92 Å². The van der Waals surface area contributed by atoms with Crippen LogP contribution in [0.3, 0.4) is 0 Å². The van der Waals surface area contributed by atoms with Crippen molar-refractivity contribution < 1.29 is 9.52 Å². The Labute approximate surface area is 157 Å². The van der Waals surface area contributed by atoms with Crippen molar-refractivity contribution in [3.8, 4) is 5.75 Å². The number of benzene rings is 2. The molecule has 2 aromatic carbocycles. The van der Waals surface area contributed by atoms with Crippen LogP contribution in [0.4, 0.5) is 0 Å². The number of hydrogen-bond donors (Lipinski definition) is 2. The number of H-pyrrole nitrogens is 1. The highest BCUT2D eigenvalue weighted by molar-refractivity contribution is 5.78. The number of hydrogen-bond acceptors (Lipinski definition) is 4. The smallest absolute Gasteiger partial charge is 0.133 e. The van der Waals surface area contributed by atoms with Crippen LogP contribution in [-0.2, 0) is 13.0 Å². The lowest BCUT2D eigenvalue weighted by Crippen LogP contribution is -2.35. The van der Waals surface area contributed by atoms with Gasteiger partial charge in [0.15, 0.2) is 0 Å². The fourth-order valence-electron chi connectivity index (χ4n) is 4.08. The molecule has 0 spiro atoms. The van der Waals surface area contributed by atoms with E-state index in [-0.39, 0.29) is 6.04 Å². The minimum atomic E-state index is 0.0409. The van der Waals surface area contributed by atoms with Gasteiger partial charge in [-0.25, -0.2) is 4.98 Å². The lowest BCUT2D eigenvalue weighted by Gasteiger charge is -2.35. The molecule has 5 nitrogen and oxygen atoms in total. The summed E-state index contributed by atoms with van der Waals surface area (Å²) in [6.07, 6.45) is 4.42. The Morgan fingerprint density at radius 2 is 2.15 bits per heavy atom. The van der Waals surface area contributed by atoms with Crippen LogP contribution in [0.25, 0.3) is 11.0 Å². The molecule has 5 rings (SSSR count). The molecule has 2 aromatic heterocycles. The van der Waals surface area contributed by atoms with Crippen molar-refractivity contribution in [1.82, 2.24) is 14.9 Å². The summed E-state index contributed by atoms with van der Waals surface area (Å²) in [6, 6.07) is 14.1. The van der Waals surface area contributed by atoms with Gasteiger partial charge < -0.3 is 14.5 Å². The number of rotatable bonds is 3. The van der Waals surface area contributed by atoms with E-state index in [2.05, 4.69) is 40.0 Å². The SMILES string of the molecule is Cc1ccc(O)c(CN2CCc3[nH]cnc3[C@@H]2c2ccc3occc3c2)c1. The van der Waals surface area contributed by atoms with E-state index in [4.69, 9.17) is 4.42 Å². The number of nitrogens with zero attached hydrogens (tertiary/aromatic N) is 2. The third-order valence-electron chi connectivity index (χ3n) is 5.43. The average molecular weight is 359 g/mol. The normalized spacial score (nSPS) is 17.3. The Kier molecular flexibility index (Phi) is 3.76. The van der Waals surface area contributed by atoms with E-state index in [1.165, 1.54) is 11.3 Å². The number of fused-ring (bicyclic) bond motifs is 2. The zero-order valence-electron chi connectivity index (χ0n) is 15.1. The molecule has 0 unspecified atom stereocenters. The first-order chi connectivity index (χ1) is 13.2. The molecule has 2 N–H and O–H groups in total. The number of aromatic nitrogens is 2. The molecule has 3 heterocycles. The van der Waals surface area contributed by atoms with Crippen LogP contribution in [0.2, 0.25) is 0 Å². The van der Waals surface area contributed by atoms with Crippen molar-refractivity contribution >= 4 is 11.0 Å². The Bertz CT molecular complexity index is 1110. The quantitative estimate of drug-likeness (QED) is 0.572. The van der Waals surface area contributed by atoms with Crippen molar-refractivity contribution in [2.45, 2.75) is 25.9 Å². The van der Waals surface area contributed by atoms with Gasteiger partial charge in [0.25, 0.3) is 0 Å². The van der Waals surface area contributed by atoms with E-state index in [0.717, 1.165) is 40.8 Å². The fraction of sp³-hybridized carbons (Fsp3) is 0.227. The van der Waals surface area contributed by atoms with Crippen molar-refractivity contribution in [3.63, 3.8) is 0 Å². The Balaban J connectivity index is 1.58. The minimum absolute atomic E-state index is 0.0409. The van der Waals surface area contributed by atoms with Gasteiger partial charge in [-0.3, -0.25) is 4.90 Å². The molecule has 0 aliphatic carbocycles. The number of aromatic amines is 1. The summed E-state index contributed by atoms with van der Waals surface area (Å²) in [4.78, 5) is 10.3. The van der Waals surface area contributed by atoms with Gasteiger partial charge in [-0.15, -0.1) is 0 Å². The highest BCUT2D eigenvalue weighted by Crippen LogP contribution is 2.36. The lowest BCUT2D eigenvalue weighted by atomic mass is 9.94. The molecule has 4 aromatic rings. The predicted molar refractivity (Wildman–Crippen MR) is 104 cm³/mol. The first-order valence-electron chi connectivity index (χ1n) is 9.21. The molecular formula is C22H21N3O2. The molecule has 0 amide bonds. The van der Waals surface area contributed by atoms with E-state index in [9.17, 15) is 5.11 Å². The average Bonchev–Trinajstić information content (AvgIpc) is 3.32. The maximum atomic E-state index is 10.3. The Hall–Kier alpha value is -3.05. The lowest BCUT2D eigenvalue weighted by molar-refractivity contribution is 0.198. The van der Waals surface area contributed by atoms with Crippen molar-refractivity contribution in [3.05, 3.63) is 83.1 Å². The number of aromatic hydroxyl groups is 1. The van der Waals surface area contributed by atoms with Gasteiger partial charge in [-0.2, -0.15) is 0 Å². The van der Waals surface area contributed by atoms with Gasteiger partial charge in [0.1, 0.15) is 11.3 Å². The maximum absolute atomic E-state index is 10.3. The third kappa shape index (κ3) is 2.80. The van der Waals surface area contributed by atoms with E-state index in [0.29, 0.717) is 12.3 Å². The summed E-state index contributed by atoms with van der Waals surface area (Å²) in [5.41, 5.74) is 6.43. The molecule has 1 aliphatic heterocycles. The van der Waals surface area contributed by atoms with E-state index >= 15 is 0 Å². The fourth-order valence-corrected chi connectivity index (χ4v) is 4.08. The second kappa shape index (κ2) is 6.28. The van der Waals surface area contributed by atoms with Crippen molar-refractivity contribution in [1.29, 1.82) is 0 Å². The summed E-state index contributed by atoms with van der Waals surface area (Å²) in [5.74, 6) is 0.345. The molecular weight excluding hydrogens is 338 g/mol. The predicted octanol–water partition coefficient (Wildman–Crippen LogP) is 4.32. The molecule has 5 heteroatoms. The highest BCUT2D eigenvalue weighted by Gasteiger charge is 2.31. The topological polar surface area (TPSA) is 65.3 Å². The molecule has 0 bridgehead atoms. The van der Waals surface area contributed by atoms with Gasteiger partial charge in [0.2, 0.25) is 0 Å². The van der Waals surface area contributed by atoms with Crippen LogP contribution in [0.15, 0.2) is 59.5 Å². The molecule has 0 saturated heterocycles. The van der Waals surface area contributed by atoms with Gasteiger partial charge in [0, 0.05) is 36.2 Å². The zero-order valence-corrected chi connectivity index (χ0v) is 15.1. The largest absolute Gasteiger partial charge is 0.508 e. The molecule has 0 radical (unpaired) electrons. The number of imidazole rings is 1. The highest BCUT2D eigenvalue weighted by atomic mass is 16.3. The van der Waals surface area contributed by atoms with E-state index < -0.39 is 0 Å². The van der Waals surface area contributed by atoms with Crippen molar-refractivity contribution in [2.24, 2.45) is 0 Å². The van der Waals surface area contributed by atoms with Gasteiger partial charge in [0.05, 0.1) is 24.3 Å². The first kappa shape index (κ1) is 16.1. The molecule has 27 heavy (non-hydrogen) atoms. The van der Waals surface area contributed by atoms with Gasteiger partial charge >= 0.3 is 0 Å². The van der Waals surface area contributed by atoms with E-state index in [1.807, 2.05) is 18.2 Å². The number of furan rings is 1. The second-order valence-electron chi connectivity index (χ2n) is 7.24. The standard InChI is InChI=1S/C22H21N3O2/c1-14-2-4-19(26)17(10-14)12-25-8-6-18-21(24-13-23-18)22(25)16-3-5-20-15(11-16)7-9-27-20/h2-5,7,9-11,13,22,26H,6,8,12H2,1H3,(H,23,24)/t22-/m0/s1. The Morgan fingerprint density at radius 1 is 1.22 bits per heavy atom. The maximum Gasteiger partial charge on any atom is 0.133 e. The molecule has 136 valence electrons. The van der Waals surface area contributed by atoms with E-state index in [1.54, 1.807) is 18.7 Å². The molecule has 1 atom stereocenters. The van der Waals surface area contributed by atoms with Crippen LogP contribution in [0.1, 0.15) is 34.1 Å². The van der Waals surface area contributed by atoms with Gasteiger partial charge in [-0.1, -0.05) is 23.8 Å². The van der Waals surface area contributed by atoms with Crippen LogP contribution in [0.5, 0.6) is 5.75 Å². The van der Waals surface area contributed by atoms with Crippen LogP contribution < -0.4 is 0 Å². The molecule has 0 fully saturated rings. The minimum Gasteiger partial charge on any atom is -0.508 e. The number of aryl methyl sites for hydroxylation is 1. The summed E-state index contributed by atoms with van der Waals surface area (Å²) in [6.45, 7) is 3.62. The molecule has 1 aliphatic rings. The second-order valence-corrected chi connectivity index (χ2v) is 7.24. The monoisotopic (exact) mass is 359 g/mol. The number of phenolic OH excluding ortho intramolecular Hbond substituents is 1. The number of nitrogens with one attached hydrogen (secondary N) is 1. The summed E-state index contributed by atoms with van der Waals surface area (Å²) in [7, 11) is 0. The first-order valence-corrected chi connectivity index (χ1v) is 9.21.